The van der Waals surface area contributed by atoms with E-state index in [2.05, 4.69) is 10.5 Å². The van der Waals surface area contributed by atoms with Crippen LogP contribution in [0.15, 0.2) is 57.9 Å². The van der Waals surface area contributed by atoms with Crippen LogP contribution in [0.5, 0.6) is 0 Å². The highest BCUT2D eigenvalue weighted by Gasteiger charge is 2.19. The molecule has 0 aliphatic rings. The van der Waals surface area contributed by atoms with E-state index in [0.717, 1.165) is 39.6 Å². The summed E-state index contributed by atoms with van der Waals surface area (Å²) in [6.45, 7) is 5.81. The van der Waals surface area contributed by atoms with Crippen molar-refractivity contribution >= 4 is 29.3 Å². The molecule has 3 aromatic rings. The van der Waals surface area contributed by atoms with Gasteiger partial charge in [-0.25, -0.2) is 0 Å². The van der Waals surface area contributed by atoms with Crippen molar-refractivity contribution in [3.63, 3.8) is 0 Å². The number of nitrogens with zero attached hydrogens (tertiary/aromatic N) is 2. The predicted molar refractivity (Wildman–Crippen MR) is 123 cm³/mol. The Morgan fingerprint density at radius 2 is 1.81 bits per heavy atom. The molecule has 0 saturated carbocycles. The smallest absolute Gasteiger partial charge is 0.255 e. The first-order valence-corrected chi connectivity index (χ1v) is 11.2. The maximum absolute atomic E-state index is 13.1. The number of thioether (sulfide) groups is 1. The minimum atomic E-state index is -0.224. The molecule has 3 rings (SSSR count). The van der Waals surface area contributed by atoms with E-state index >= 15 is 0 Å². The highest BCUT2D eigenvalue weighted by Crippen LogP contribution is 2.29. The number of carbonyl (C=O) groups excluding carboxylic acids is 2. The van der Waals surface area contributed by atoms with Crippen molar-refractivity contribution < 1.29 is 14.1 Å². The number of hydrogen-bond acceptors (Lipinski definition) is 5. The summed E-state index contributed by atoms with van der Waals surface area (Å²) in [6, 6.07) is 15.1. The Kier molecular flexibility index (Phi) is 7.52. The highest BCUT2D eigenvalue weighted by molar-refractivity contribution is 7.98. The minimum Gasteiger partial charge on any atom is -0.361 e. The van der Waals surface area contributed by atoms with Gasteiger partial charge < -0.3 is 14.7 Å². The summed E-state index contributed by atoms with van der Waals surface area (Å²) in [5.74, 6) is 1.03. The van der Waals surface area contributed by atoms with Crippen molar-refractivity contribution in [1.29, 1.82) is 0 Å². The zero-order valence-corrected chi connectivity index (χ0v) is 19.1. The zero-order chi connectivity index (χ0) is 22.4. The fraction of sp³-hybridized carbons (Fsp3) is 0.292. The molecule has 0 atom stereocenters. The van der Waals surface area contributed by atoms with Gasteiger partial charge >= 0.3 is 0 Å². The molecular weight excluding hydrogens is 410 g/mol. The third kappa shape index (κ3) is 5.55. The molecule has 2 aromatic carbocycles. The van der Waals surface area contributed by atoms with E-state index in [0.29, 0.717) is 11.3 Å². The third-order valence-electron chi connectivity index (χ3n) is 5.07. The first-order valence-electron chi connectivity index (χ1n) is 10.2. The van der Waals surface area contributed by atoms with Gasteiger partial charge in [-0.1, -0.05) is 42.4 Å². The lowest BCUT2D eigenvalue weighted by Crippen LogP contribution is -2.35. The lowest BCUT2D eigenvalue weighted by Gasteiger charge is -2.19. The second kappa shape index (κ2) is 10.3. The Hall–Kier alpha value is -3.06. The van der Waals surface area contributed by atoms with E-state index in [4.69, 9.17) is 4.52 Å². The zero-order valence-electron chi connectivity index (χ0n) is 18.3. The van der Waals surface area contributed by atoms with Crippen molar-refractivity contribution in [1.82, 2.24) is 10.1 Å². The normalized spacial score (nSPS) is 10.7. The summed E-state index contributed by atoms with van der Waals surface area (Å²) in [7, 11) is 1.64. The average molecular weight is 438 g/mol. The van der Waals surface area contributed by atoms with Crippen LogP contribution in [0.4, 0.5) is 5.69 Å². The molecule has 0 aliphatic heterocycles. The number of aryl methyl sites for hydroxylation is 3. The largest absolute Gasteiger partial charge is 0.361 e. The highest BCUT2D eigenvalue weighted by atomic mass is 32.2. The van der Waals surface area contributed by atoms with Crippen LogP contribution in [0.25, 0.3) is 0 Å². The van der Waals surface area contributed by atoms with Crippen molar-refractivity contribution in [2.75, 3.05) is 18.9 Å². The molecular formula is C24H27N3O3S. The van der Waals surface area contributed by atoms with Gasteiger partial charge in [-0.05, 0) is 44.0 Å². The van der Waals surface area contributed by atoms with Gasteiger partial charge in [0.15, 0.2) is 0 Å². The van der Waals surface area contributed by atoms with E-state index in [9.17, 15) is 9.59 Å². The van der Waals surface area contributed by atoms with Crippen LogP contribution >= 0.6 is 11.8 Å². The Morgan fingerprint density at radius 1 is 1.10 bits per heavy atom. The molecule has 31 heavy (non-hydrogen) atoms. The molecule has 0 saturated heterocycles. The number of nitrogens with one attached hydrogen (secondary N) is 1. The van der Waals surface area contributed by atoms with Gasteiger partial charge in [0.2, 0.25) is 5.91 Å². The fourth-order valence-corrected chi connectivity index (χ4v) is 4.46. The molecule has 6 nitrogen and oxygen atoms in total. The molecule has 1 heterocycles. The Labute approximate surface area is 187 Å². The number of rotatable bonds is 8. The standard InChI is InChI=1S/C24H27N3O3S/c1-5-18-10-6-8-12-21(18)25-23(28)14-27(4)24(29)19-11-7-9-13-22(19)31-15-20-16(2)26-30-17(20)3/h6-13H,5,14-15H2,1-4H3,(H,25,28). The number of para-hydroxylation sites is 1. The van der Waals surface area contributed by atoms with Gasteiger partial charge in [0.25, 0.3) is 5.91 Å². The van der Waals surface area contributed by atoms with Crippen LogP contribution in [-0.2, 0) is 17.0 Å². The first kappa shape index (κ1) is 22.6. The van der Waals surface area contributed by atoms with E-state index in [-0.39, 0.29) is 18.4 Å². The molecule has 0 spiro atoms. The Bertz CT molecular complexity index is 1060. The van der Waals surface area contributed by atoms with Crippen LogP contribution in [0, 0.1) is 13.8 Å². The molecule has 162 valence electrons. The summed E-state index contributed by atoms with van der Waals surface area (Å²) in [4.78, 5) is 27.9. The SMILES string of the molecule is CCc1ccccc1NC(=O)CN(C)C(=O)c1ccccc1SCc1c(C)noc1C. The molecule has 0 fully saturated rings. The Balaban J connectivity index is 1.67. The molecule has 0 radical (unpaired) electrons. The quantitative estimate of drug-likeness (QED) is 0.510. The van der Waals surface area contributed by atoms with Crippen molar-refractivity contribution in [2.24, 2.45) is 0 Å². The van der Waals surface area contributed by atoms with Crippen molar-refractivity contribution in [3.05, 3.63) is 76.7 Å². The molecule has 2 amide bonds. The predicted octanol–water partition coefficient (Wildman–Crippen LogP) is 4.86. The number of carbonyl (C=O) groups is 2. The molecule has 0 aliphatic carbocycles. The number of benzene rings is 2. The van der Waals surface area contributed by atoms with Gasteiger partial charge in [0.1, 0.15) is 5.76 Å². The van der Waals surface area contributed by atoms with Crippen molar-refractivity contribution in [2.45, 2.75) is 37.8 Å². The number of likely N-dealkylation sites (N-methyl/N-ethyl adjacent to an activating group) is 1. The van der Waals surface area contributed by atoms with E-state index in [1.54, 1.807) is 24.9 Å². The molecule has 1 N–H and O–H groups in total. The fourth-order valence-electron chi connectivity index (χ4n) is 3.26. The maximum Gasteiger partial charge on any atom is 0.255 e. The molecule has 0 unspecified atom stereocenters. The number of aromatic nitrogens is 1. The van der Waals surface area contributed by atoms with Crippen molar-refractivity contribution in [3.8, 4) is 0 Å². The van der Waals surface area contributed by atoms with Crippen LogP contribution in [0.3, 0.4) is 0 Å². The topological polar surface area (TPSA) is 75.4 Å². The first-order chi connectivity index (χ1) is 14.9. The molecule has 1 aromatic heterocycles. The number of anilines is 1. The van der Waals surface area contributed by atoms with E-state index in [1.807, 2.05) is 63.2 Å². The van der Waals surface area contributed by atoms with Gasteiger partial charge in [0.05, 0.1) is 17.8 Å². The van der Waals surface area contributed by atoms with E-state index < -0.39 is 0 Å². The van der Waals surface area contributed by atoms with Gasteiger partial charge in [-0.2, -0.15) is 0 Å². The third-order valence-corrected chi connectivity index (χ3v) is 6.17. The summed E-state index contributed by atoms with van der Waals surface area (Å²) in [5, 5.41) is 6.90. The van der Waals surface area contributed by atoms with Crippen LogP contribution in [-0.4, -0.2) is 35.5 Å². The number of hydrogen-bond donors (Lipinski definition) is 1. The maximum atomic E-state index is 13.1. The van der Waals surface area contributed by atoms with E-state index in [1.165, 1.54) is 4.90 Å². The summed E-state index contributed by atoms with van der Waals surface area (Å²) in [6.07, 6.45) is 0.820. The monoisotopic (exact) mass is 437 g/mol. The Morgan fingerprint density at radius 3 is 2.52 bits per heavy atom. The van der Waals surface area contributed by atoms with Gasteiger partial charge in [-0.15, -0.1) is 11.8 Å². The average Bonchev–Trinajstić information content (AvgIpc) is 3.09. The number of amides is 2. The summed E-state index contributed by atoms with van der Waals surface area (Å²) >= 11 is 1.56. The lowest BCUT2D eigenvalue weighted by atomic mass is 10.1. The second-order valence-corrected chi connectivity index (χ2v) is 8.32. The van der Waals surface area contributed by atoms with Gasteiger partial charge in [0, 0.05) is 28.9 Å². The summed E-state index contributed by atoms with van der Waals surface area (Å²) in [5.41, 5.74) is 4.31. The van der Waals surface area contributed by atoms with Crippen LogP contribution in [0.1, 0.15) is 39.9 Å². The molecule has 7 heteroatoms. The van der Waals surface area contributed by atoms with Crippen LogP contribution in [0.2, 0.25) is 0 Å². The lowest BCUT2D eigenvalue weighted by molar-refractivity contribution is -0.116. The summed E-state index contributed by atoms with van der Waals surface area (Å²) < 4.78 is 5.23. The minimum absolute atomic E-state index is 0.0280. The van der Waals surface area contributed by atoms with Gasteiger partial charge in [-0.3, -0.25) is 9.59 Å². The van der Waals surface area contributed by atoms with Crippen LogP contribution < -0.4 is 5.32 Å². The second-order valence-electron chi connectivity index (χ2n) is 7.31. The molecule has 0 bridgehead atoms.